The molecule has 3 atom stereocenters. The zero-order valence-electron chi connectivity index (χ0n) is 23.6. The van der Waals surface area contributed by atoms with Gasteiger partial charge >= 0.3 is 6.09 Å². The van der Waals surface area contributed by atoms with Crippen molar-refractivity contribution in [3.8, 4) is 22.2 Å². The lowest BCUT2D eigenvalue weighted by Crippen LogP contribution is -2.32. The molecule has 0 radical (unpaired) electrons. The van der Waals surface area contributed by atoms with Crippen LogP contribution in [0.3, 0.4) is 0 Å². The predicted octanol–water partition coefficient (Wildman–Crippen LogP) is 6.00. The number of rotatable bonds is 9. The summed E-state index contributed by atoms with van der Waals surface area (Å²) < 4.78 is 32.5. The summed E-state index contributed by atoms with van der Waals surface area (Å²) >= 11 is 1.38. The van der Waals surface area contributed by atoms with Gasteiger partial charge in [0.2, 0.25) is 5.88 Å². The Bertz CT molecular complexity index is 1750. The summed E-state index contributed by atoms with van der Waals surface area (Å²) in [6.07, 6.45) is 1.31. The van der Waals surface area contributed by atoms with Crippen LogP contribution in [0.4, 0.5) is 14.9 Å². The molecule has 11 nitrogen and oxygen atoms in total. The van der Waals surface area contributed by atoms with Gasteiger partial charge in [0, 0.05) is 17.7 Å². The summed E-state index contributed by atoms with van der Waals surface area (Å²) in [4.78, 5) is 34.1. The van der Waals surface area contributed by atoms with Gasteiger partial charge in [0.25, 0.3) is 0 Å². The van der Waals surface area contributed by atoms with Gasteiger partial charge in [-0.1, -0.05) is 0 Å². The first-order valence-electron chi connectivity index (χ1n) is 13.3. The largest absolute Gasteiger partial charge is 0.484 e. The molecule has 2 aromatic carbocycles. The number of aromatic nitrogens is 5. The minimum atomic E-state index is -0.827. The lowest BCUT2D eigenvalue weighted by molar-refractivity contribution is 0.0402. The number of fused-ring (bicyclic) bond motifs is 2. The van der Waals surface area contributed by atoms with E-state index in [9.17, 15) is 9.90 Å². The van der Waals surface area contributed by atoms with Crippen LogP contribution in [0.25, 0.3) is 31.8 Å². The third-order valence-corrected chi connectivity index (χ3v) is 7.34. The average Bonchev–Trinajstić information content (AvgIpc) is 3.35. The van der Waals surface area contributed by atoms with E-state index < -0.39 is 30.2 Å². The van der Waals surface area contributed by atoms with Crippen molar-refractivity contribution >= 4 is 44.4 Å². The molecule has 2 N–H and O–H groups in total. The van der Waals surface area contributed by atoms with Crippen LogP contribution in [0.15, 0.2) is 42.9 Å². The molecule has 3 heterocycles. The molecule has 0 fully saturated rings. The summed E-state index contributed by atoms with van der Waals surface area (Å²) in [6, 6.07) is 6.82. The van der Waals surface area contributed by atoms with E-state index in [1.807, 2.05) is 26.0 Å². The summed E-state index contributed by atoms with van der Waals surface area (Å²) in [5.74, 6) is 0.0974. The molecule has 5 rings (SSSR count). The Labute approximate surface area is 244 Å². The van der Waals surface area contributed by atoms with Crippen molar-refractivity contribution in [2.75, 3.05) is 11.9 Å². The van der Waals surface area contributed by atoms with E-state index in [1.165, 1.54) is 36.7 Å². The third kappa shape index (κ3) is 6.37. The van der Waals surface area contributed by atoms with E-state index >= 15 is 4.39 Å². The molecule has 5 aromatic rings. The van der Waals surface area contributed by atoms with Crippen molar-refractivity contribution in [1.29, 1.82) is 0 Å². The fourth-order valence-electron chi connectivity index (χ4n) is 4.09. The number of benzene rings is 2. The Balaban J connectivity index is 1.31. The average molecular weight is 593 g/mol. The normalized spacial score (nSPS) is 13.5. The Kier molecular flexibility index (Phi) is 8.41. The van der Waals surface area contributed by atoms with Crippen LogP contribution in [0, 0.1) is 12.7 Å². The monoisotopic (exact) mass is 592 g/mol. The van der Waals surface area contributed by atoms with Crippen molar-refractivity contribution in [3.05, 3.63) is 60.1 Å². The van der Waals surface area contributed by atoms with Gasteiger partial charge in [-0.2, -0.15) is 0 Å². The Morgan fingerprint density at radius 2 is 1.79 bits per heavy atom. The number of nitrogens with one attached hydrogen (secondary N) is 1. The molecule has 13 heteroatoms. The van der Waals surface area contributed by atoms with Crippen LogP contribution < -0.4 is 14.8 Å². The number of ether oxygens (including phenoxy) is 3. The summed E-state index contributed by atoms with van der Waals surface area (Å²) in [5, 5.41) is 12.7. The molecule has 1 amide bonds. The highest BCUT2D eigenvalue weighted by atomic mass is 32.1. The molecule has 0 unspecified atom stereocenters. The highest BCUT2D eigenvalue weighted by Crippen LogP contribution is 2.37. The standard InChI is InChI=1S/C29H29FN6O5S/c1-6-39-25-13-31-26-19(7-14(2)8-22(26)35-25)28-36-21-9-20(30)23(10-24(21)42-28)40-16(4)17(5)41-29(38)34-18-11-32-27(15(3)37)33-12-18/h7-13,15-17,37H,6H2,1-5H3,(H,34,38)/t15-,16-,17+/m0/s1. The minimum Gasteiger partial charge on any atom is -0.484 e. The summed E-state index contributed by atoms with van der Waals surface area (Å²) in [7, 11) is 0. The topological polar surface area (TPSA) is 141 Å². The van der Waals surface area contributed by atoms with E-state index in [0.717, 1.165) is 11.1 Å². The molecule has 0 aliphatic rings. The van der Waals surface area contributed by atoms with Gasteiger partial charge in [-0.3, -0.25) is 5.32 Å². The number of carbonyl (C=O) groups is 1. The number of aliphatic hydroxyl groups is 1. The highest BCUT2D eigenvalue weighted by molar-refractivity contribution is 7.21. The maximum atomic E-state index is 15.1. The Morgan fingerprint density at radius 1 is 1.02 bits per heavy atom. The van der Waals surface area contributed by atoms with E-state index in [4.69, 9.17) is 14.2 Å². The van der Waals surface area contributed by atoms with Gasteiger partial charge in [-0.15, -0.1) is 11.3 Å². The van der Waals surface area contributed by atoms with Crippen LogP contribution in [0.5, 0.6) is 11.6 Å². The first-order valence-corrected chi connectivity index (χ1v) is 14.1. The van der Waals surface area contributed by atoms with E-state index in [0.29, 0.717) is 44.4 Å². The molecule has 42 heavy (non-hydrogen) atoms. The molecular formula is C29H29FN6O5S. The first-order chi connectivity index (χ1) is 20.1. The summed E-state index contributed by atoms with van der Waals surface area (Å²) in [6.45, 7) is 9.18. The molecule has 0 aliphatic heterocycles. The smallest absolute Gasteiger partial charge is 0.412 e. The number of anilines is 1. The maximum absolute atomic E-state index is 15.1. The van der Waals surface area contributed by atoms with Gasteiger partial charge in [-0.25, -0.2) is 34.1 Å². The van der Waals surface area contributed by atoms with Crippen molar-refractivity contribution in [2.45, 2.75) is 52.9 Å². The number of carbonyl (C=O) groups excluding carboxylic acids is 1. The number of aryl methyl sites for hydroxylation is 1. The van der Waals surface area contributed by atoms with Crippen LogP contribution in [0.2, 0.25) is 0 Å². The molecule has 218 valence electrons. The fraction of sp³-hybridized carbons (Fsp3) is 0.310. The zero-order valence-corrected chi connectivity index (χ0v) is 24.4. The Morgan fingerprint density at radius 3 is 2.50 bits per heavy atom. The SMILES string of the molecule is CCOc1cnc2c(-c3nc4cc(F)c(O[C@@H](C)[C@@H](C)OC(=O)Nc5cnc([C@H](C)O)nc5)cc4s3)cc(C)cc2n1. The molecule has 0 saturated carbocycles. The first kappa shape index (κ1) is 29.0. The molecule has 0 saturated heterocycles. The van der Waals surface area contributed by atoms with Crippen molar-refractivity contribution in [2.24, 2.45) is 0 Å². The van der Waals surface area contributed by atoms with Gasteiger partial charge in [0.1, 0.15) is 23.3 Å². The molecular weight excluding hydrogens is 563 g/mol. The van der Waals surface area contributed by atoms with Crippen LogP contribution in [0.1, 0.15) is 45.2 Å². The number of hydrogen-bond acceptors (Lipinski definition) is 11. The lowest BCUT2D eigenvalue weighted by atomic mass is 10.1. The number of thiazole rings is 1. The number of nitrogens with zero attached hydrogens (tertiary/aromatic N) is 5. The fourth-order valence-corrected chi connectivity index (χ4v) is 5.08. The molecule has 0 bridgehead atoms. The van der Waals surface area contributed by atoms with Crippen LogP contribution in [-0.4, -0.2) is 54.9 Å². The van der Waals surface area contributed by atoms with Crippen LogP contribution >= 0.6 is 11.3 Å². The number of hydrogen-bond donors (Lipinski definition) is 2. The van der Waals surface area contributed by atoms with Gasteiger partial charge in [0.05, 0.1) is 52.1 Å². The second-order valence-corrected chi connectivity index (χ2v) is 10.7. The van der Waals surface area contributed by atoms with Gasteiger partial charge in [0.15, 0.2) is 17.4 Å². The predicted molar refractivity (Wildman–Crippen MR) is 156 cm³/mol. The molecule has 0 spiro atoms. The number of aliphatic hydroxyl groups excluding tert-OH is 1. The maximum Gasteiger partial charge on any atom is 0.412 e. The third-order valence-electron chi connectivity index (χ3n) is 6.29. The van der Waals surface area contributed by atoms with Crippen molar-refractivity contribution < 1.29 is 28.5 Å². The van der Waals surface area contributed by atoms with E-state index in [-0.39, 0.29) is 11.6 Å². The second-order valence-electron chi connectivity index (χ2n) is 9.66. The van der Waals surface area contributed by atoms with Gasteiger partial charge in [-0.05, 0) is 52.3 Å². The number of amides is 1. The Hall–Kier alpha value is -4.49. The van der Waals surface area contributed by atoms with Crippen LogP contribution in [-0.2, 0) is 4.74 Å². The lowest BCUT2D eigenvalue weighted by Gasteiger charge is -2.22. The van der Waals surface area contributed by atoms with E-state index in [1.54, 1.807) is 26.1 Å². The molecule has 3 aromatic heterocycles. The second kappa shape index (κ2) is 12.2. The van der Waals surface area contributed by atoms with Crippen molar-refractivity contribution in [3.63, 3.8) is 0 Å². The summed E-state index contributed by atoms with van der Waals surface area (Å²) in [5.41, 5.74) is 3.89. The number of halogens is 1. The van der Waals surface area contributed by atoms with E-state index in [2.05, 4.69) is 30.2 Å². The van der Waals surface area contributed by atoms with Gasteiger partial charge < -0.3 is 19.3 Å². The van der Waals surface area contributed by atoms with Crippen molar-refractivity contribution in [1.82, 2.24) is 24.9 Å². The molecule has 0 aliphatic carbocycles. The highest BCUT2D eigenvalue weighted by Gasteiger charge is 2.22. The quantitative estimate of drug-likeness (QED) is 0.209. The minimum absolute atomic E-state index is 0.0124. The zero-order chi connectivity index (χ0) is 30.0.